The summed E-state index contributed by atoms with van der Waals surface area (Å²) in [6, 6.07) is 7.03. The van der Waals surface area contributed by atoms with E-state index in [4.69, 9.17) is 0 Å². The summed E-state index contributed by atoms with van der Waals surface area (Å²) in [5, 5.41) is 11.5. The minimum atomic E-state index is -1.44. The van der Waals surface area contributed by atoms with Gasteiger partial charge in [-0.2, -0.15) is 0 Å². The van der Waals surface area contributed by atoms with Crippen LogP contribution in [0.4, 0.5) is 17.6 Å². The Kier molecular flexibility index (Phi) is 8.43. The van der Waals surface area contributed by atoms with Crippen LogP contribution in [0.3, 0.4) is 0 Å². The van der Waals surface area contributed by atoms with Crippen molar-refractivity contribution in [1.82, 2.24) is 9.80 Å². The van der Waals surface area contributed by atoms with E-state index < -0.39 is 52.5 Å². The van der Waals surface area contributed by atoms with Crippen LogP contribution in [-0.4, -0.2) is 53.0 Å². The van der Waals surface area contributed by atoms with Crippen LogP contribution in [0.5, 0.6) is 0 Å². The van der Waals surface area contributed by atoms with Crippen LogP contribution < -0.4 is 0 Å². The molecule has 0 bridgehead atoms. The smallest absolute Gasteiger partial charge is 0.227 e. The van der Waals surface area contributed by atoms with E-state index in [1.54, 1.807) is 18.7 Å². The molecule has 1 amide bonds. The van der Waals surface area contributed by atoms with E-state index in [-0.39, 0.29) is 43.0 Å². The molecule has 1 N–H and O–H groups in total. The third-order valence-electron chi connectivity index (χ3n) is 7.94. The van der Waals surface area contributed by atoms with E-state index in [0.717, 1.165) is 18.2 Å². The highest BCUT2D eigenvalue weighted by Gasteiger charge is 2.49. The first-order valence-electron chi connectivity index (χ1n) is 12.1. The van der Waals surface area contributed by atoms with Crippen molar-refractivity contribution < 1.29 is 27.5 Å². The summed E-state index contributed by atoms with van der Waals surface area (Å²) in [7, 11) is 0. The lowest BCUT2D eigenvalue weighted by molar-refractivity contribution is -0.152. The molecule has 2 aromatic rings. The molecular formula is C27H33ClF4N2O2. The van der Waals surface area contributed by atoms with Gasteiger partial charge in [0.15, 0.2) is 11.6 Å². The number of likely N-dealkylation sites (tertiary alicyclic amines) is 2. The van der Waals surface area contributed by atoms with Crippen molar-refractivity contribution in [2.24, 2.45) is 17.8 Å². The molecule has 36 heavy (non-hydrogen) atoms. The molecule has 2 fully saturated rings. The molecule has 2 aliphatic rings. The number of benzene rings is 2. The lowest BCUT2D eigenvalue weighted by Gasteiger charge is -2.48. The minimum Gasteiger partial charge on any atom is -0.384 e. The zero-order valence-corrected chi connectivity index (χ0v) is 21.7. The fraction of sp³-hybridized carbons (Fsp3) is 0.519. The highest BCUT2D eigenvalue weighted by Crippen LogP contribution is 2.43. The van der Waals surface area contributed by atoms with Gasteiger partial charge in [-0.05, 0) is 43.2 Å². The number of amides is 1. The maximum Gasteiger partial charge on any atom is 0.227 e. The Morgan fingerprint density at radius 3 is 2.11 bits per heavy atom. The van der Waals surface area contributed by atoms with Gasteiger partial charge in [0.2, 0.25) is 5.91 Å². The first kappa shape index (κ1) is 28.4. The van der Waals surface area contributed by atoms with Gasteiger partial charge in [-0.25, -0.2) is 17.6 Å². The van der Waals surface area contributed by atoms with E-state index in [2.05, 4.69) is 4.90 Å². The molecule has 198 valence electrons. The van der Waals surface area contributed by atoms with Gasteiger partial charge < -0.3 is 10.0 Å². The second-order valence-electron chi connectivity index (χ2n) is 10.4. The van der Waals surface area contributed by atoms with E-state index in [1.165, 1.54) is 18.2 Å². The van der Waals surface area contributed by atoms with Crippen molar-refractivity contribution in [1.29, 1.82) is 0 Å². The number of piperidine rings is 1. The van der Waals surface area contributed by atoms with Gasteiger partial charge >= 0.3 is 0 Å². The summed E-state index contributed by atoms with van der Waals surface area (Å²) in [6.45, 7) is 8.95. The van der Waals surface area contributed by atoms with E-state index in [1.807, 2.05) is 13.8 Å². The number of halogens is 5. The van der Waals surface area contributed by atoms with Gasteiger partial charge in [-0.15, -0.1) is 12.4 Å². The Bertz CT molecular complexity index is 1100. The van der Waals surface area contributed by atoms with Crippen LogP contribution in [0.2, 0.25) is 0 Å². The quantitative estimate of drug-likeness (QED) is 0.562. The molecule has 2 saturated heterocycles. The summed E-state index contributed by atoms with van der Waals surface area (Å²) < 4.78 is 55.7. The number of nitrogens with zero attached hydrogens (tertiary/aromatic N) is 2. The van der Waals surface area contributed by atoms with E-state index in [9.17, 15) is 27.5 Å². The van der Waals surface area contributed by atoms with Gasteiger partial charge in [0.05, 0.1) is 11.5 Å². The normalized spacial score (nSPS) is 28.9. The number of carbonyl (C=O) groups is 1. The number of hydrogen-bond acceptors (Lipinski definition) is 3. The molecule has 2 aromatic carbocycles. The largest absolute Gasteiger partial charge is 0.384 e. The first-order valence-corrected chi connectivity index (χ1v) is 12.1. The van der Waals surface area contributed by atoms with Gasteiger partial charge in [-0.3, -0.25) is 9.69 Å². The average molecular weight is 529 g/mol. The van der Waals surface area contributed by atoms with Crippen LogP contribution in [0.1, 0.15) is 44.7 Å². The monoisotopic (exact) mass is 528 g/mol. The Labute approximate surface area is 215 Å². The van der Waals surface area contributed by atoms with Crippen molar-refractivity contribution in [2.45, 2.75) is 45.3 Å². The molecule has 2 aliphatic heterocycles. The zero-order valence-electron chi connectivity index (χ0n) is 20.8. The van der Waals surface area contributed by atoms with Crippen LogP contribution in [0.15, 0.2) is 36.4 Å². The number of rotatable bonds is 4. The van der Waals surface area contributed by atoms with Crippen LogP contribution >= 0.6 is 12.4 Å². The molecule has 0 aromatic heterocycles. The predicted molar refractivity (Wildman–Crippen MR) is 132 cm³/mol. The highest BCUT2D eigenvalue weighted by atomic mass is 35.5. The molecule has 9 heteroatoms. The summed E-state index contributed by atoms with van der Waals surface area (Å²) in [6.07, 6.45) is 0. The van der Waals surface area contributed by atoms with E-state index >= 15 is 0 Å². The van der Waals surface area contributed by atoms with Gasteiger partial charge in [0, 0.05) is 56.0 Å². The Morgan fingerprint density at radius 1 is 0.917 bits per heavy atom. The van der Waals surface area contributed by atoms with Crippen LogP contribution in [0, 0.1) is 41.0 Å². The standard InChI is InChI=1S/C27H32F4N2O2.ClH/c1-15(2)32-13-21(20-7-6-19(28)10-24(20)30)22(14-32)26(34)33-11-16(3)27(35,17(4)12-33)18-5-8-23(29)25(31)9-18;/h5-10,15-17,21-22,35H,11-14H2,1-4H3;1H/t16-,17+,21-,22+,27+;/m0./s1. The first-order chi connectivity index (χ1) is 16.4. The number of carbonyl (C=O) groups excluding carboxylic acids is 1. The summed E-state index contributed by atoms with van der Waals surface area (Å²) in [4.78, 5) is 17.6. The molecule has 0 unspecified atom stereocenters. The fourth-order valence-electron chi connectivity index (χ4n) is 5.85. The Morgan fingerprint density at radius 2 is 1.56 bits per heavy atom. The molecule has 0 saturated carbocycles. The van der Waals surface area contributed by atoms with Crippen molar-refractivity contribution in [3.63, 3.8) is 0 Å². The summed E-state index contributed by atoms with van der Waals surface area (Å²) in [5.74, 6) is -5.35. The predicted octanol–water partition coefficient (Wildman–Crippen LogP) is 5.09. The Hall–Kier alpha value is -2.16. The molecule has 5 atom stereocenters. The number of hydrogen-bond donors (Lipinski definition) is 1. The zero-order chi connectivity index (χ0) is 25.7. The van der Waals surface area contributed by atoms with Crippen molar-refractivity contribution >= 4 is 18.3 Å². The van der Waals surface area contributed by atoms with Gasteiger partial charge in [0.1, 0.15) is 11.6 Å². The fourth-order valence-corrected chi connectivity index (χ4v) is 5.85. The maximum atomic E-state index is 14.7. The molecule has 2 heterocycles. The number of aliphatic hydroxyl groups is 1. The SMILES string of the molecule is CC(C)N1C[C@@H](C(=O)N2C[C@@H](C)[C@@](O)(c3ccc(F)c(F)c3)[C@@H](C)C2)[C@H](c2ccc(F)cc2F)C1.Cl. The molecule has 4 nitrogen and oxygen atoms in total. The third kappa shape index (κ3) is 5.00. The average Bonchev–Trinajstić information content (AvgIpc) is 3.24. The second-order valence-corrected chi connectivity index (χ2v) is 10.4. The summed E-state index contributed by atoms with van der Waals surface area (Å²) >= 11 is 0. The van der Waals surface area contributed by atoms with Crippen molar-refractivity contribution in [2.75, 3.05) is 26.2 Å². The maximum absolute atomic E-state index is 14.7. The van der Waals surface area contributed by atoms with Crippen molar-refractivity contribution in [3.05, 3.63) is 70.8 Å². The lowest BCUT2D eigenvalue weighted by atomic mass is 9.70. The molecule has 0 spiro atoms. The third-order valence-corrected chi connectivity index (χ3v) is 7.94. The molecule has 0 aliphatic carbocycles. The van der Waals surface area contributed by atoms with Gasteiger partial charge in [0.25, 0.3) is 0 Å². The minimum absolute atomic E-state index is 0. The second kappa shape index (κ2) is 10.7. The van der Waals surface area contributed by atoms with Crippen molar-refractivity contribution in [3.8, 4) is 0 Å². The van der Waals surface area contributed by atoms with Crippen LogP contribution in [0.25, 0.3) is 0 Å². The summed E-state index contributed by atoms with van der Waals surface area (Å²) in [5.41, 5.74) is -0.834. The van der Waals surface area contributed by atoms with Crippen LogP contribution in [-0.2, 0) is 10.4 Å². The molecular weight excluding hydrogens is 496 g/mol. The Balaban J connectivity index is 0.00000361. The van der Waals surface area contributed by atoms with E-state index in [0.29, 0.717) is 18.7 Å². The lowest BCUT2D eigenvalue weighted by Crippen LogP contribution is -2.57. The topological polar surface area (TPSA) is 43.8 Å². The molecule has 4 rings (SSSR count). The van der Waals surface area contributed by atoms with Gasteiger partial charge in [-0.1, -0.05) is 26.0 Å². The highest BCUT2D eigenvalue weighted by molar-refractivity contribution is 5.85. The molecule has 0 radical (unpaired) electrons.